The van der Waals surface area contributed by atoms with Crippen molar-refractivity contribution in [2.45, 2.75) is 33.7 Å². The number of halogens is 1. The molecule has 1 heterocycles. The molecule has 0 aliphatic rings. The van der Waals surface area contributed by atoms with Crippen LogP contribution in [0.1, 0.15) is 27.2 Å². The van der Waals surface area contributed by atoms with Crippen molar-refractivity contribution < 1.29 is 0 Å². The van der Waals surface area contributed by atoms with E-state index in [-0.39, 0.29) is 16.1 Å². The Morgan fingerprint density at radius 2 is 2.00 bits per heavy atom. The van der Waals surface area contributed by atoms with Crippen LogP contribution in [0.15, 0.2) is 15.7 Å². The average Bonchev–Trinajstić information content (AvgIpc) is 1.99. The molecule has 0 amide bonds. The number of aromatic nitrogens is 2. The molecule has 4 nitrogen and oxygen atoms in total. The van der Waals surface area contributed by atoms with Crippen molar-refractivity contribution in [3.63, 3.8) is 0 Å². The summed E-state index contributed by atoms with van der Waals surface area (Å²) in [7, 11) is 0. The van der Waals surface area contributed by atoms with E-state index in [0.717, 1.165) is 11.0 Å². The lowest BCUT2D eigenvalue weighted by Crippen LogP contribution is -2.35. The maximum Gasteiger partial charge on any atom is 0.329 e. The maximum atomic E-state index is 11.4. The van der Waals surface area contributed by atoms with E-state index in [1.807, 2.05) is 0 Å². The van der Waals surface area contributed by atoms with E-state index in [0.29, 0.717) is 6.54 Å². The molecule has 0 fully saturated rings. The van der Waals surface area contributed by atoms with Gasteiger partial charge in [-0.15, -0.1) is 0 Å². The average molecular weight is 231 g/mol. The summed E-state index contributed by atoms with van der Waals surface area (Å²) in [6.07, 6.45) is 0.762. The van der Waals surface area contributed by atoms with Crippen molar-refractivity contribution in [1.29, 1.82) is 0 Å². The van der Waals surface area contributed by atoms with Gasteiger partial charge in [-0.1, -0.05) is 32.4 Å². The zero-order chi connectivity index (χ0) is 11.6. The lowest BCUT2D eigenvalue weighted by atomic mass is 9.92. The van der Waals surface area contributed by atoms with Gasteiger partial charge in [0.05, 0.1) is 0 Å². The Morgan fingerprint density at radius 3 is 2.47 bits per heavy atom. The van der Waals surface area contributed by atoms with Crippen LogP contribution < -0.4 is 11.2 Å². The maximum absolute atomic E-state index is 11.4. The van der Waals surface area contributed by atoms with Crippen molar-refractivity contribution in [3.05, 3.63) is 32.1 Å². The summed E-state index contributed by atoms with van der Waals surface area (Å²) < 4.78 is 1.16. The van der Waals surface area contributed by atoms with E-state index in [1.54, 1.807) is 0 Å². The van der Waals surface area contributed by atoms with Crippen LogP contribution in [0, 0.1) is 5.41 Å². The van der Waals surface area contributed by atoms with Gasteiger partial charge in [0.15, 0.2) is 0 Å². The standard InChI is InChI=1S/C10H15ClN2O2/c1-10(2,3)4-5-13-8(14)6-7(11)12-9(13)15/h6H,4-5H2,1-3H3,(H,12,15). The first-order chi connectivity index (χ1) is 6.79. The van der Waals surface area contributed by atoms with Crippen LogP contribution in [0.2, 0.25) is 5.15 Å². The van der Waals surface area contributed by atoms with E-state index < -0.39 is 5.69 Å². The van der Waals surface area contributed by atoms with Gasteiger partial charge in [0.1, 0.15) is 5.15 Å². The van der Waals surface area contributed by atoms with Crippen molar-refractivity contribution in [3.8, 4) is 0 Å². The van der Waals surface area contributed by atoms with Crippen molar-refractivity contribution in [1.82, 2.24) is 9.55 Å². The second kappa shape index (κ2) is 4.23. The Balaban J connectivity index is 2.97. The molecule has 1 aromatic heterocycles. The van der Waals surface area contributed by atoms with Gasteiger partial charge in [0, 0.05) is 12.6 Å². The highest BCUT2D eigenvalue weighted by molar-refractivity contribution is 6.29. The highest BCUT2D eigenvalue weighted by Gasteiger charge is 2.12. The predicted octanol–water partition coefficient (Wildman–Crippen LogP) is 1.63. The normalized spacial score (nSPS) is 11.7. The van der Waals surface area contributed by atoms with E-state index in [4.69, 9.17) is 11.6 Å². The Morgan fingerprint density at radius 1 is 1.40 bits per heavy atom. The third-order valence-electron chi connectivity index (χ3n) is 2.07. The molecule has 0 saturated carbocycles. The fourth-order valence-corrected chi connectivity index (χ4v) is 1.33. The number of nitrogens with zero attached hydrogens (tertiary/aromatic N) is 1. The highest BCUT2D eigenvalue weighted by atomic mass is 35.5. The molecular weight excluding hydrogens is 216 g/mol. The molecule has 84 valence electrons. The second-order valence-corrected chi connectivity index (χ2v) is 5.13. The van der Waals surface area contributed by atoms with Crippen LogP contribution in [0.5, 0.6) is 0 Å². The zero-order valence-electron chi connectivity index (χ0n) is 9.13. The third-order valence-corrected chi connectivity index (χ3v) is 2.28. The second-order valence-electron chi connectivity index (χ2n) is 4.72. The largest absolute Gasteiger partial charge is 0.329 e. The Bertz CT molecular complexity index is 422. The molecule has 0 aliphatic heterocycles. The van der Waals surface area contributed by atoms with Crippen LogP contribution in [0.25, 0.3) is 0 Å². The van der Waals surface area contributed by atoms with Gasteiger partial charge in [0.25, 0.3) is 5.56 Å². The molecule has 5 heteroatoms. The molecule has 0 spiro atoms. The Kier molecular flexibility index (Phi) is 3.39. The number of nitrogens with one attached hydrogen (secondary N) is 1. The lowest BCUT2D eigenvalue weighted by molar-refractivity contribution is 0.344. The van der Waals surface area contributed by atoms with Gasteiger partial charge >= 0.3 is 5.69 Å². The molecule has 0 bridgehead atoms. The van der Waals surface area contributed by atoms with Crippen LogP contribution in [-0.2, 0) is 6.54 Å². The molecule has 15 heavy (non-hydrogen) atoms. The molecule has 0 atom stereocenters. The first-order valence-electron chi connectivity index (χ1n) is 4.79. The minimum absolute atomic E-state index is 0.0806. The fourth-order valence-electron chi connectivity index (χ4n) is 1.15. The number of aromatic amines is 1. The van der Waals surface area contributed by atoms with Gasteiger partial charge in [-0.3, -0.25) is 14.3 Å². The smallest absolute Gasteiger partial charge is 0.298 e. The summed E-state index contributed by atoms with van der Waals surface area (Å²) >= 11 is 5.54. The molecule has 1 aromatic rings. The summed E-state index contributed by atoms with van der Waals surface area (Å²) in [5.41, 5.74) is -0.712. The van der Waals surface area contributed by atoms with Gasteiger partial charge in [-0.25, -0.2) is 4.79 Å². The van der Waals surface area contributed by atoms with Crippen molar-refractivity contribution in [2.24, 2.45) is 5.41 Å². The van der Waals surface area contributed by atoms with E-state index >= 15 is 0 Å². The fraction of sp³-hybridized carbons (Fsp3) is 0.600. The lowest BCUT2D eigenvalue weighted by Gasteiger charge is -2.17. The molecular formula is C10H15ClN2O2. The minimum atomic E-state index is -0.447. The molecule has 1 N–H and O–H groups in total. The summed E-state index contributed by atoms with van der Waals surface area (Å²) in [6, 6.07) is 1.21. The summed E-state index contributed by atoms with van der Waals surface area (Å²) in [4.78, 5) is 25.2. The van der Waals surface area contributed by atoms with Crippen LogP contribution in [0.4, 0.5) is 0 Å². The summed E-state index contributed by atoms with van der Waals surface area (Å²) in [6.45, 7) is 6.58. The van der Waals surface area contributed by atoms with Gasteiger partial charge in [0.2, 0.25) is 0 Å². The quantitative estimate of drug-likeness (QED) is 0.786. The molecule has 0 unspecified atom stereocenters. The first kappa shape index (κ1) is 12.0. The summed E-state index contributed by atoms with van der Waals surface area (Å²) in [5.74, 6) is 0. The Hall–Kier alpha value is -1.03. The molecule has 0 aliphatic carbocycles. The van der Waals surface area contributed by atoms with Crippen LogP contribution in [-0.4, -0.2) is 9.55 Å². The van der Waals surface area contributed by atoms with Gasteiger partial charge in [-0.05, 0) is 11.8 Å². The van der Waals surface area contributed by atoms with Crippen LogP contribution >= 0.6 is 11.6 Å². The topological polar surface area (TPSA) is 54.9 Å². The summed E-state index contributed by atoms with van der Waals surface area (Å²) in [5, 5.41) is 0.0806. The molecule has 1 rings (SSSR count). The SMILES string of the molecule is CC(C)(C)CCn1c(=O)cc(Cl)[nH]c1=O. The van der Waals surface area contributed by atoms with Gasteiger partial charge < -0.3 is 0 Å². The molecule has 0 saturated heterocycles. The first-order valence-corrected chi connectivity index (χ1v) is 5.17. The monoisotopic (exact) mass is 230 g/mol. The molecule has 0 aromatic carbocycles. The number of rotatable bonds is 2. The predicted molar refractivity (Wildman–Crippen MR) is 60.4 cm³/mol. The minimum Gasteiger partial charge on any atom is -0.298 e. The van der Waals surface area contributed by atoms with Gasteiger partial charge in [-0.2, -0.15) is 0 Å². The van der Waals surface area contributed by atoms with E-state index in [1.165, 1.54) is 6.07 Å². The Labute approximate surface area is 92.9 Å². The third kappa shape index (κ3) is 3.55. The zero-order valence-corrected chi connectivity index (χ0v) is 9.89. The van der Waals surface area contributed by atoms with E-state index in [2.05, 4.69) is 25.8 Å². The molecule has 0 radical (unpaired) electrons. The number of hydrogen-bond donors (Lipinski definition) is 1. The number of H-pyrrole nitrogens is 1. The van der Waals surface area contributed by atoms with Crippen LogP contribution in [0.3, 0.4) is 0 Å². The number of hydrogen-bond acceptors (Lipinski definition) is 2. The van der Waals surface area contributed by atoms with Crippen molar-refractivity contribution >= 4 is 11.6 Å². The van der Waals surface area contributed by atoms with E-state index in [9.17, 15) is 9.59 Å². The van der Waals surface area contributed by atoms with Crippen molar-refractivity contribution in [2.75, 3.05) is 0 Å². The highest BCUT2D eigenvalue weighted by Crippen LogP contribution is 2.18.